The summed E-state index contributed by atoms with van der Waals surface area (Å²) in [4.78, 5) is 0. The van der Waals surface area contributed by atoms with Crippen LogP contribution >= 0.6 is 0 Å². The summed E-state index contributed by atoms with van der Waals surface area (Å²) in [5.74, 6) is 0.749. The van der Waals surface area contributed by atoms with Crippen LogP contribution in [0.5, 0.6) is 5.75 Å². The van der Waals surface area contributed by atoms with E-state index in [1.165, 1.54) is 10.9 Å². The van der Waals surface area contributed by atoms with Gasteiger partial charge in [-0.2, -0.15) is 5.26 Å². The first-order valence-corrected chi connectivity index (χ1v) is 10.2. The minimum Gasteiger partial charge on any atom is -0.495 e. The van der Waals surface area contributed by atoms with Crippen molar-refractivity contribution in [3.8, 4) is 11.9 Å². The maximum Gasteiger partial charge on any atom is 0.188 e. The minimum atomic E-state index is -1.66. The summed E-state index contributed by atoms with van der Waals surface area (Å²) in [7, 11) is -0.0186. The molecule has 0 bridgehead atoms. The quantitative estimate of drug-likeness (QED) is 0.638. The molecule has 0 spiro atoms. The molecule has 0 amide bonds. The van der Waals surface area contributed by atoms with Crippen LogP contribution in [0, 0.1) is 11.5 Å². The number of nitrogens with zero attached hydrogens (tertiary/aromatic N) is 2. The lowest BCUT2D eigenvalue weighted by atomic mass is 10.1. The zero-order chi connectivity index (χ0) is 14.9. The lowest BCUT2D eigenvalue weighted by Crippen LogP contribution is -2.44. The van der Waals surface area contributed by atoms with Gasteiger partial charge in [0.05, 0.1) is 7.11 Å². The van der Waals surface area contributed by atoms with Crippen molar-refractivity contribution in [1.82, 2.24) is 4.57 Å². The molecule has 0 fully saturated rings. The van der Waals surface area contributed by atoms with E-state index in [1.54, 1.807) is 11.7 Å². The Morgan fingerprint density at radius 1 is 1.40 bits per heavy atom. The topological polar surface area (TPSA) is 38.0 Å². The zero-order valence-electron chi connectivity index (χ0n) is 12.5. The Morgan fingerprint density at radius 2 is 2.10 bits per heavy atom. The standard InChI is InChI=1S/C16H20N2OSi/c1-6-8-13-12-9-7-10-14(19-2)15(12)18(11-17)16(13)20(3,4)5/h6-7,9-10H,1,8H2,2-5H3. The number of allylic oxidation sites excluding steroid dienone is 1. The van der Waals surface area contributed by atoms with Crippen molar-refractivity contribution in [2.75, 3.05) is 7.11 Å². The molecule has 1 heterocycles. The lowest BCUT2D eigenvalue weighted by Gasteiger charge is -2.18. The summed E-state index contributed by atoms with van der Waals surface area (Å²) in [6.07, 6.45) is 5.01. The maximum absolute atomic E-state index is 9.64. The van der Waals surface area contributed by atoms with Gasteiger partial charge in [0.1, 0.15) is 19.3 Å². The van der Waals surface area contributed by atoms with Crippen molar-refractivity contribution >= 4 is 24.3 Å². The van der Waals surface area contributed by atoms with Crippen molar-refractivity contribution in [1.29, 1.82) is 5.26 Å². The average Bonchev–Trinajstić information content (AvgIpc) is 2.73. The van der Waals surface area contributed by atoms with Gasteiger partial charge >= 0.3 is 0 Å². The first kappa shape index (κ1) is 14.4. The highest BCUT2D eigenvalue weighted by Crippen LogP contribution is 2.30. The molecule has 0 atom stereocenters. The summed E-state index contributed by atoms with van der Waals surface area (Å²) in [6, 6.07) is 5.94. The predicted molar refractivity (Wildman–Crippen MR) is 86.4 cm³/mol. The predicted octanol–water partition coefficient (Wildman–Crippen LogP) is 3.25. The lowest BCUT2D eigenvalue weighted by molar-refractivity contribution is 0.418. The number of rotatable bonds is 4. The molecule has 20 heavy (non-hydrogen) atoms. The monoisotopic (exact) mass is 284 g/mol. The molecule has 2 rings (SSSR count). The van der Waals surface area contributed by atoms with Gasteiger partial charge in [-0.1, -0.05) is 37.8 Å². The molecular weight excluding hydrogens is 264 g/mol. The summed E-state index contributed by atoms with van der Waals surface area (Å²) in [5.41, 5.74) is 2.10. The molecule has 0 aliphatic rings. The second kappa shape index (κ2) is 5.18. The molecule has 1 aromatic heterocycles. The summed E-state index contributed by atoms with van der Waals surface area (Å²) < 4.78 is 7.21. The fourth-order valence-corrected chi connectivity index (χ4v) is 4.75. The Bertz CT molecular complexity index is 702. The molecule has 0 unspecified atom stereocenters. The highest BCUT2D eigenvalue weighted by Gasteiger charge is 2.29. The van der Waals surface area contributed by atoms with Crippen molar-refractivity contribution in [2.45, 2.75) is 26.1 Å². The van der Waals surface area contributed by atoms with E-state index < -0.39 is 8.07 Å². The molecule has 0 aliphatic carbocycles. The number of aromatic nitrogens is 1. The SMILES string of the molecule is C=CCc1c([Si](C)(C)C)n(C#N)c2c(OC)cccc12. The number of fused-ring (bicyclic) bond motifs is 1. The molecule has 0 saturated carbocycles. The van der Waals surface area contributed by atoms with Gasteiger partial charge in [0.2, 0.25) is 0 Å². The van der Waals surface area contributed by atoms with Gasteiger partial charge in [-0.05, 0) is 18.1 Å². The average molecular weight is 284 g/mol. The van der Waals surface area contributed by atoms with E-state index in [2.05, 4.69) is 38.5 Å². The Balaban J connectivity index is 3.00. The number of hydrogen-bond acceptors (Lipinski definition) is 2. The molecule has 0 N–H and O–H groups in total. The van der Waals surface area contributed by atoms with Gasteiger partial charge in [-0.15, -0.1) is 6.58 Å². The Hall–Kier alpha value is -1.99. The van der Waals surface area contributed by atoms with Gasteiger partial charge in [0, 0.05) is 10.7 Å². The molecule has 104 valence electrons. The van der Waals surface area contributed by atoms with E-state index >= 15 is 0 Å². The summed E-state index contributed by atoms with van der Waals surface area (Å²) >= 11 is 0. The molecule has 0 saturated heterocycles. The zero-order valence-corrected chi connectivity index (χ0v) is 13.5. The van der Waals surface area contributed by atoms with Crippen molar-refractivity contribution in [2.24, 2.45) is 0 Å². The molecule has 0 aliphatic heterocycles. The van der Waals surface area contributed by atoms with Gasteiger partial charge in [0.25, 0.3) is 0 Å². The number of para-hydroxylation sites is 1. The van der Waals surface area contributed by atoms with Crippen molar-refractivity contribution in [3.05, 3.63) is 36.4 Å². The highest BCUT2D eigenvalue weighted by molar-refractivity contribution is 6.88. The first-order chi connectivity index (χ1) is 9.45. The van der Waals surface area contributed by atoms with Crippen molar-refractivity contribution in [3.63, 3.8) is 0 Å². The normalized spacial score (nSPS) is 11.3. The second-order valence-electron chi connectivity index (χ2n) is 5.86. The van der Waals surface area contributed by atoms with E-state index in [0.717, 1.165) is 23.1 Å². The van der Waals surface area contributed by atoms with Gasteiger partial charge in [-0.25, -0.2) is 0 Å². The maximum atomic E-state index is 9.64. The number of benzene rings is 1. The molecule has 2 aromatic rings. The fourth-order valence-electron chi connectivity index (χ4n) is 2.77. The number of ether oxygens (including phenoxy) is 1. The van der Waals surface area contributed by atoms with Gasteiger partial charge < -0.3 is 4.74 Å². The molecule has 3 nitrogen and oxygen atoms in total. The fraction of sp³-hybridized carbons (Fsp3) is 0.312. The van der Waals surface area contributed by atoms with Crippen LogP contribution in [0.4, 0.5) is 0 Å². The van der Waals surface area contributed by atoms with E-state index in [1.807, 2.05) is 18.2 Å². The van der Waals surface area contributed by atoms with E-state index in [-0.39, 0.29) is 0 Å². The minimum absolute atomic E-state index is 0.749. The molecule has 1 aromatic carbocycles. The van der Waals surface area contributed by atoms with E-state index in [4.69, 9.17) is 4.74 Å². The van der Waals surface area contributed by atoms with E-state index in [9.17, 15) is 5.26 Å². The van der Waals surface area contributed by atoms with Crippen LogP contribution < -0.4 is 10.1 Å². The molecule has 4 heteroatoms. The van der Waals surface area contributed by atoms with Crippen LogP contribution in [-0.4, -0.2) is 19.8 Å². The van der Waals surface area contributed by atoms with Crippen LogP contribution in [0.1, 0.15) is 5.56 Å². The highest BCUT2D eigenvalue weighted by atomic mass is 28.3. The Kier molecular flexibility index (Phi) is 3.73. The second-order valence-corrected chi connectivity index (χ2v) is 10.8. The van der Waals surface area contributed by atoms with E-state index in [0.29, 0.717) is 0 Å². The van der Waals surface area contributed by atoms with Crippen LogP contribution in [0.2, 0.25) is 19.6 Å². The number of nitriles is 1. The van der Waals surface area contributed by atoms with Crippen LogP contribution in [0.3, 0.4) is 0 Å². The summed E-state index contributed by atoms with van der Waals surface area (Å²) in [5, 5.41) is 11.9. The Morgan fingerprint density at radius 3 is 2.60 bits per heavy atom. The molecule has 0 radical (unpaired) electrons. The van der Waals surface area contributed by atoms with Crippen LogP contribution in [0.25, 0.3) is 10.9 Å². The van der Waals surface area contributed by atoms with Gasteiger partial charge in [0.15, 0.2) is 6.19 Å². The molecular formula is C16H20N2OSi. The number of methoxy groups -OCH3 is 1. The van der Waals surface area contributed by atoms with Crippen molar-refractivity contribution < 1.29 is 4.74 Å². The largest absolute Gasteiger partial charge is 0.495 e. The third-order valence-corrected chi connectivity index (χ3v) is 5.38. The first-order valence-electron chi connectivity index (χ1n) is 6.67. The number of hydrogen-bond donors (Lipinski definition) is 0. The Labute approximate surface area is 121 Å². The van der Waals surface area contributed by atoms with Crippen LogP contribution in [0.15, 0.2) is 30.9 Å². The van der Waals surface area contributed by atoms with Crippen LogP contribution in [-0.2, 0) is 6.42 Å². The van der Waals surface area contributed by atoms with Gasteiger partial charge in [-0.3, -0.25) is 4.57 Å². The third-order valence-electron chi connectivity index (χ3n) is 3.44. The smallest absolute Gasteiger partial charge is 0.188 e. The summed E-state index contributed by atoms with van der Waals surface area (Å²) in [6.45, 7) is 10.6. The third kappa shape index (κ3) is 2.14.